The van der Waals surface area contributed by atoms with Gasteiger partial charge in [-0.3, -0.25) is 4.79 Å². The Morgan fingerprint density at radius 1 is 1.19 bits per heavy atom. The lowest BCUT2D eigenvalue weighted by Gasteiger charge is -2.26. The number of H-pyrrole nitrogens is 1. The summed E-state index contributed by atoms with van der Waals surface area (Å²) in [6.07, 6.45) is 5.03. The lowest BCUT2D eigenvalue weighted by Crippen LogP contribution is -2.35. The molecule has 1 aromatic heterocycles. The Hall–Kier alpha value is -2.66. The highest BCUT2D eigenvalue weighted by Crippen LogP contribution is 2.27. The molecule has 138 valence electrons. The molecule has 2 aromatic carbocycles. The van der Waals surface area contributed by atoms with Gasteiger partial charge in [0.05, 0.1) is 5.75 Å². The second-order valence-corrected chi connectivity index (χ2v) is 7.71. The molecule has 1 amide bonds. The van der Waals surface area contributed by atoms with Crippen LogP contribution in [0.2, 0.25) is 0 Å². The number of benzene rings is 2. The number of aromatic amines is 1. The highest BCUT2D eigenvalue weighted by atomic mass is 32.2. The van der Waals surface area contributed by atoms with Crippen LogP contribution in [0, 0.1) is 0 Å². The number of thioether (sulfide) groups is 1. The van der Waals surface area contributed by atoms with Gasteiger partial charge in [-0.25, -0.2) is 0 Å². The molecule has 0 atom stereocenters. The minimum Gasteiger partial charge on any atom is -0.508 e. The Morgan fingerprint density at radius 3 is 2.81 bits per heavy atom. The van der Waals surface area contributed by atoms with Gasteiger partial charge in [0.25, 0.3) is 0 Å². The van der Waals surface area contributed by atoms with E-state index >= 15 is 0 Å². The molecule has 0 saturated heterocycles. The van der Waals surface area contributed by atoms with E-state index in [4.69, 9.17) is 0 Å². The zero-order valence-corrected chi connectivity index (χ0v) is 15.8. The molecule has 1 aliphatic heterocycles. The third kappa shape index (κ3) is 4.03. The number of hydrogen-bond acceptors (Lipinski definition) is 3. The van der Waals surface area contributed by atoms with Crippen LogP contribution in [0.15, 0.2) is 60.8 Å². The predicted molar refractivity (Wildman–Crippen MR) is 112 cm³/mol. The Kier molecular flexibility index (Phi) is 5.21. The van der Waals surface area contributed by atoms with Crippen molar-refractivity contribution < 1.29 is 9.90 Å². The number of rotatable bonds is 5. The predicted octanol–water partition coefficient (Wildman–Crippen LogP) is 4.42. The number of amides is 1. The highest BCUT2D eigenvalue weighted by molar-refractivity contribution is 7.99. The number of nitrogens with zero attached hydrogens (tertiary/aromatic N) is 1. The molecule has 0 bridgehead atoms. The van der Waals surface area contributed by atoms with Gasteiger partial charge in [-0.1, -0.05) is 36.4 Å². The number of carbonyl (C=O) groups is 1. The van der Waals surface area contributed by atoms with Crippen LogP contribution >= 0.6 is 11.8 Å². The molecule has 2 heterocycles. The van der Waals surface area contributed by atoms with Crippen LogP contribution in [0.5, 0.6) is 5.75 Å². The van der Waals surface area contributed by atoms with E-state index in [2.05, 4.69) is 35.3 Å². The maximum absolute atomic E-state index is 12.5. The fourth-order valence-electron chi connectivity index (χ4n) is 3.44. The molecule has 4 rings (SSSR count). The summed E-state index contributed by atoms with van der Waals surface area (Å²) in [7, 11) is 0. The first-order valence-electron chi connectivity index (χ1n) is 9.09. The molecule has 0 unspecified atom stereocenters. The molecular weight excluding hydrogens is 356 g/mol. The number of nitrogens with one attached hydrogen (secondary N) is 1. The first kappa shape index (κ1) is 17.7. The van der Waals surface area contributed by atoms with Gasteiger partial charge in [-0.2, -0.15) is 0 Å². The first-order chi connectivity index (χ1) is 13.2. The van der Waals surface area contributed by atoms with Crippen molar-refractivity contribution in [1.29, 1.82) is 0 Å². The monoisotopic (exact) mass is 378 g/mol. The van der Waals surface area contributed by atoms with Crippen molar-refractivity contribution in [2.45, 2.75) is 12.2 Å². The molecule has 0 aliphatic carbocycles. The van der Waals surface area contributed by atoms with Gasteiger partial charge >= 0.3 is 0 Å². The Bertz CT molecular complexity index is 978. The molecule has 2 N–H and O–H groups in total. The Balaban J connectivity index is 1.31. The van der Waals surface area contributed by atoms with E-state index in [1.165, 1.54) is 11.1 Å². The van der Waals surface area contributed by atoms with Crippen LogP contribution in [-0.2, 0) is 10.5 Å². The van der Waals surface area contributed by atoms with Crippen molar-refractivity contribution in [2.24, 2.45) is 0 Å². The summed E-state index contributed by atoms with van der Waals surface area (Å²) < 4.78 is 0. The summed E-state index contributed by atoms with van der Waals surface area (Å²) in [5, 5.41) is 10.7. The second-order valence-electron chi connectivity index (χ2n) is 6.72. The van der Waals surface area contributed by atoms with E-state index in [0.717, 1.165) is 35.2 Å². The largest absolute Gasteiger partial charge is 0.508 e. The van der Waals surface area contributed by atoms with Crippen molar-refractivity contribution in [3.05, 3.63) is 71.9 Å². The smallest absolute Gasteiger partial charge is 0.232 e. The first-order valence-corrected chi connectivity index (χ1v) is 10.2. The third-order valence-corrected chi connectivity index (χ3v) is 5.91. The molecule has 4 nitrogen and oxygen atoms in total. The second kappa shape index (κ2) is 7.92. The molecular formula is C22H22N2O2S. The minimum atomic E-state index is 0.186. The van der Waals surface area contributed by atoms with Crippen LogP contribution in [-0.4, -0.2) is 39.7 Å². The van der Waals surface area contributed by atoms with E-state index in [0.29, 0.717) is 12.3 Å². The lowest BCUT2D eigenvalue weighted by atomic mass is 10.00. The fourth-order valence-corrected chi connectivity index (χ4v) is 4.35. The Morgan fingerprint density at radius 2 is 2.04 bits per heavy atom. The summed E-state index contributed by atoms with van der Waals surface area (Å²) >= 11 is 1.62. The average Bonchev–Trinajstić information content (AvgIpc) is 3.11. The minimum absolute atomic E-state index is 0.186. The molecule has 0 spiro atoms. The summed E-state index contributed by atoms with van der Waals surface area (Å²) in [6.45, 7) is 1.46. The number of carbonyl (C=O) groups excluding carboxylic acids is 1. The van der Waals surface area contributed by atoms with E-state index in [9.17, 15) is 9.90 Å². The maximum Gasteiger partial charge on any atom is 0.232 e. The van der Waals surface area contributed by atoms with E-state index < -0.39 is 0 Å². The van der Waals surface area contributed by atoms with E-state index in [1.54, 1.807) is 23.9 Å². The summed E-state index contributed by atoms with van der Waals surface area (Å²) in [6, 6.07) is 15.7. The van der Waals surface area contributed by atoms with Crippen LogP contribution < -0.4 is 0 Å². The molecule has 5 heteroatoms. The summed E-state index contributed by atoms with van der Waals surface area (Å²) in [5.41, 5.74) is 4.69. The fraction of sp³-hybridized carbons (Fsp3) is 0.227. The van der Waals surface area contributed by atoms with Gasteiger partial charge in [-0.15, -0.1) is 11.8 Å². The van der Waals surface area contributed by atoms with Gasteiger partial charge in [0.1, 0.15) is 5.75 Å². The Labute approximate surface area is 162 Å². The van der Waals surface area contributed by atoms with Gasteiger partial charge in [0, 0.05) is 35.9 Å². The van der Waals surface area contributed by atoms with Crippen molar-refractivity contribution in [3.8, 4) is 5.75 Å². The highest BCUT2D eigenvalue weighted by Gasteiger charge is 2.18. The third-order valence-electron chi connectivity index (χ3n) is 4.94. The number of fused-ring (bicyclic) bond motifs is 1. The van der Waals surface area contributed by atoms with Gasteiger partial charge < -0.3 is 15.0 Å². The quantitative estimate of drug-likeness (QED) is 0.691. The number of aromatic hydroxyl groups is 1. The van der Waals surface area contributed by atoms with Gasteiger partial charge in [-0.05, 0) is 41.3 Å². The molecule has 0 fully saturated rings. The maximum atomic E-state index is 12.5. The molecule has 0 radical (unpaired) electrons. The lowest BCUT2D eigenvalue weighted by molar-refractivity contribution is -0.127. The molecule has 27 heavy (non-hydrogen) atoms. The number of hydrogen-bond donors (Lipinski definition) is 2. The van der Waals surface area contributed by atoms with Crippen LogP contribution in [0.25, 0.3) is 16.5 Å². The topological polar surface area (TPSA) is 56.3 Å². The van der Waals surface area contributed by atoms with Crippen molar-refractivity contribution in [2.75, 3.05) is 18.8 Å². The average molecular weight is 378 g/mol. The van der Waals surface area contributed by atoms with Crippen LogP contribution in [0.4, 0.5) is 0 Å². The molecule has 3 aromatic rings. The van der Waals surface area contributed by atoms with E-state index in [-0.39, 0.29) is 11.7 Å². The van der Waals surface area contributed by atoms with Crippen molar-refractivity contribution in [1.82, 2.24) is 9.88 Å². The number of phenols is 1. The standard InChI is InChI=1S/C22H22N2O2S/c25-19-6-7-21-20(12-19)18(13-23-21)14-27-15-22(26)24-10-8-17(9-11-24)16-4-2-1-3-5-16/h1-8,12-13,23,25H,9-11,14-15H2. The zero-order valence-electron chi connectivity index (χ0n) is 15.0. The normalized spacial score (nSPS) is 14.4. The van der Waals surface area contributed by atoms with Gasteiger partial charge in [0.2, 0.25) is 5.91 Å². The zero-order chi connectivity index (χ0) is 18.6. The molecule has 1 aliphatic rings. The SMILES string of the molecule is O=C(CSCc1c[nH]c2ccc(O)cc12)N1CC=C(c2ccccc2)CC1. The van der Waals surface area contributed by atoms with Gasteiger partial charge in [0.15, 0.2) is 0 Å². The van der Waals surface area contributed by atoms with Crippen LogP contribution in [0.1, 0.15) is 17.5 Å². The number of aromatic nitrogens is 1. The summed E-state index contributed by atoms with van der Waals surface area (Å²) in [5.74, 6) is 1.67. The number of phenolic OH excluding ortho intramolecular Hbond substituents is 1. The van der Waals surface area contributed by atoms with E-state index in [1.807, 2.05) is 23.2 Å². The molecule has 0 saturated carbocycles. The summed E-state index contributed by atoms with van der Waals surface area (Å²) in [4.78, 5) is 17.7. The van der Waals surface area contributed by atoms with Crippen molar-refractivity contribution >= 4 is 34.1 Å². The van der Waals surface area contributed by atoms with Crippen molar-refractivity contribution in [3.63, 3.8) is 0 Å². The van der Waals surface area contributed by atoms with Crippen LogP contribution in [0.3, 0.4) is 0 Å².